The van der Waals surface area contributed by atoms with E-state index in [1.165, 1.54) is 12.4 Å². The van der Waals surface area contributed by atoms with E-state index < -0.39 is 5.95 Å². The van der Waals surface area contributed by atoms with E-state index in [0.717, 1.165) is 19.6 Å². The van der Waals surface area contributed by atoms with Gasteiger partial charge in [0.2, 0.25) is 5.95 Å². The summed E-state index contributed by atoms with van der Waals surface area (Å²) < 4.78 is 13.0. The van der Waals surface area contributed by atoms with Crippen molar-refractivity contribution in [3.05, 3.63) is 18.3 Å². The van der Waals surface area contributed by atoms with E-state index in [2.05, 4.69) is 40.7 Å². The van der Waals surface area contributed by atoms with Crippen molar-refractivity contribution in [2.45, 2.75) is 19.4 Å². The Morgan fingerprint density at radius 3 is 2.69 bits per heavy atom. The van der Waals surface area contributed by atoms with Gasteiger partial charge in [0, 0.05) is 31.2 Å². The van der Waals surface area contributed by atoms with Crippen LogP contribution in [0.5, 0.6) is 0 Å². The monoisotopic (exact) mass is 224 g/mol. The first-order valence-corrected chi connectivity index (χ1v) is 5.43. The molecule has 0 atom stereocenters. The lowest BCUT2D eigenvalue weighted by atomic mass is 10.00. The molecule has 0 N–H and O–H groups in total. The minimum Gasteiger partial charge on any atom is -0.353 e. The summed E-state index contributed by atoms with van der Waals surface area (Å²) in [5, 5.41) is 0. The number of likely N-dealkylation sites (N-methyl/N-ethyl adjacent to an activating group) is 1. The Morgan fingerprint density at radius 2 is 2.06 bits per heavy atom. The summed E-state index contributed by atoms with van der Waals surface area (Å²) in [5.41, 5.74) is 0.0830. The number of nitrogens with zero attached hydrogens (tertiary/aromatic N) is 4. The van der Waals surface area contributed by atoms with Gasteiger partial charge in [0.25, 0.3) is 0 Å². The Balaban J connectivity index is 2.18. The fraction of sp³-hybridized carbons (Fsp3) is 0.636. The number of hydrogen-bond donors (Lipinski definition) is 0. The Bertz CT molecular complexity index is 380. The summed E-state index contributed by atoms with van der Waals surface area (Å²) in [5.74, 6) is 0.204. The quantitative estimate of drug-likeness (QED) is 0.670. The van der Waals surface area contributed by atoms with Crippen LogP contribution in [0.2, 0.25) is 0 Å². The largest absolute Gasteiger partial charge is 0.353 e. The minimum absolute atomic E-state index is 0.0830. The highest BCUT2D eigenvalue weighted by atomic mass is 19.1. The Kier molecular flexibility index (Phi) is 2.80. The Morgan fingerprint density at radius 1 is 1.31 bits per heavy atom. The van der Waals surface area contributed by atoms with Crippen LogP contribution in [0.1, 0.15) is 13.8 Å². The standard InChI is InChI=1S/C11H17FN4/c1-11(2)7-16(5-4-15(11)3)10-6-9(12)13-8-14-10/h6,8H,4-5,7H2,1-3H3. The summed E-state index contributed by atoms with van der Waals surface area (Å²) in [6.07, 6.45) is 1.27. The van der Waals surface area contributed by atoms with Gasteiger partial charge in [-0.1, -0.05) is 0 Å². The predicted molar refractivity (Wildman–Crippen MR) is 60.9 cm³/mol. The van der Waals surface area contributed by atoms with Crippen molar-refractivity contribution >= 4 is 5.82 Å². The summed E-state index contributed by atoms with van der Waals surface area (Å²) in [4.78, 5) is 12.0. The van der Waals surface area contributed by atoms with E-state index >= 15 is 0 Å². The molecular formula is C11H17FN4. The van der Waals surface area contributed by atoms with Gasteiger partial charge in [0.1, 0.15) is 12.1 Å². The Hall–Kier alpha value is -1.23. The molecule has 1 saturated heterocycles. The zero-order valence-electron chi connectivity index (χ0n) is 9.94. The Labute approximate surface area is 95.1 Å². The van der Waals surface area contributed by atoms with Crippen molar-refractivity contribution in [3.63, 3.8) is 0 Å². The molecule has 0 spiro atoms. The molecule has 0 unspecified atom stereocenters. The zero-order chi connectivity index (χ0) is 11.8. The molecule has 1 aliphatic heterocycles. The highest BCUT2D eigenvalue weighted by Gasteiger charge is 2.31. The first kappa shape index (κ1) is 11.3. The lowest BCUT2D eigenvalue weighted by molar-refractivity contribution is 0.138. The second-order valence-corrected chi connectivity index (χ2v) is 4.85. The number of hydrogen-bond acceptors (Lipinski definition) is 4. The van der Waals surface area contributed by atoms with Crippen LogP contribution in [0.25, 0.3) is 0 Å². The maximum atomic E-state index is 13.0. The van der Waals surface area contributed by atoms with E-state index in [-0.39, 0.29) is 5.54 Å². The van der Waals surface area contributed by atoms with Gasteiger partial charge in [-0.15, -0.1) is 0 Å². The van der Waals surface area contributed by atoms with Gasteiger partial charge < -0.3 is 4.90 Å². The third-order valence-electron chi connectivity index (χ3n) is 3.26. The molecule has 0 amide bonds. The molecule has 1 aliphatic rings. The summed E-state index contributed by atoms with van der Waals surface area (Å²) in [6, 6.07) is 1.39. The van der Waals surface area contributed by atoms with Crippen molar-refractivity contribution in [1.82, 2.24) is 14.9 Å². The van der Waals surface area contributed by atoms with Crippen molar-refractivity contribution < 1.29 is 4.39 Å². The molecule has 0 saturated carbocycles. The van der Waals surface area contributed by atoms with Crippen molar-refractivity contribution in [1.29, 1.82) is 0 Å². The highest BCUT2D eigenvalue weighted by molar-refractivity contribution is 5.38. The molecule has 0 radical (unpaired) electrons. The number of piperazine rings is 1. The molecule has 0 bridgehead atoms. The average Bonchev–Trinajstić information content (AvgIpc) is 2.22. The second-order valence-electron chi connectivity index (χ2n) is 4.85. The van der Waals surface area contributed by atoms with E-state index in [1.54, 1.807) is 0 Å². The number of anilines is 1. The normalized spacial score (nSPS) is 21.1. The van der Waals surface area contributed by atoms with Crippen LogP contribution in [-0.2, 0) is 0 Å². The van der Waals surface area contributed by atoms with E-state index in [4.69, 9.17) is 0 Å². The van der Waals surface area contributed by atoms with Crippen molar-refractivity contribution in [2.24, 2.45) is 0 Å². The molecule has 5 heteroatoms. The van der Waals surface area contributed by atoms with Crippen molar-refractivity contribution in [3.8, 4) is 0 Å². The fourth-order valence-electron chi connectivity index (χ4n) is 1.93. The molecular weight excluding hydrogens is 207 g/mol. The zero-order valence-corrected chi connectivity index (χ0v) is 9.94. The van der Waals surface area contributed by atoms with Crippen LogP contribution >= 0.6 is 0 Å². The van der Waals surface area contributed by atoms with Crippen LogP contribution in [0.4, 0.5) is 10.2 Å². The summed E-state index contributed by atoms with van der Waals surface area (Å²) in [7, 11) is 2.11. The molecule has 0 aliphatic carbocycles. The first-order chi connectivity index (χ1) is 7.49. The smallest absolute Gasteiger partial charge is 0.218 e. The molecule has 0 aromatic carbocycles. The van der Waals surface area contributed by atoms with Gasteiger partial charge in [-0.2, -0.15) is 4.39 Å². The van der Waals surface area contributed by atoms with Crippen LogP contribution in [0, 0.1) is 5.95 Å². The van der Waals surface area contributed by atoms with Crippen molar-refractivity contribution in [2.75, 3.05) is 31.6 Å². The molecule has 2 heterocycles. The van der Waals surface area contributed by atoms with E-state index in [1.807, 2.05) is 0 Å². The van der Waals surface area contributed by atoms with Gasteiger partial charge in [-0.05, 0) is 20.9 Å². The number of halogens is 1. The van der Waals surface area contributed by atoms with Gasteiger partial charge in [0.05, 0.1) is 0 Å². The first-order valence-electron chi connectivity index (χ1n) is 5.43. The summed E-state index contributed by atoms with van der Waals surface area (Å²) in [6.45, 7) is 7.03. The second kappa shape index (κ2) is 3.97. The molecule has 4 nitrogen and oxygen atoms in total. The van der Waals surface area contributed by atoms with Crippen LogP contribution < -0.4 is 4.90 Å². The third-order valence-corrected chi connectivity index (χ3v) is 3.26. The topological polar surface area (TPSA) is 32.3 Å². The van der Waals surface area contributed by atoms with E-state index in [9.17, 15) is 4.39 Å². The maximum Gasteiger partial charge on any atom is 0.218 e. The molecule has 16 heavy (non-hydrogen) atoms. The van der Waals surface area contributed by atoms with Gasteiger partial charge in [-0.3, -0.25) is 4.90 Å². The molecule has 1 aromatic heterocycles. The average molecular weight is 224 g/mol. The van der Waals surface area contributed by atoms with E-state index in [0.29, 0.717) is 5.82 Å². The SMILES string of the molecule is CN1CCN(c2cc(F)ncn2)CC1(C)C. The minimum atomic E-state index is -0.471. The lowest BCUT2D eigenvalue weighted by Gasteiger charge is -2.45. The molecule has 2 rings (SSSR count). The van der Waals surface area contributed by atoms with Crippen LogP contribution in [-0.4, -0.2) is 47.1 Å². The maximum absolute atomic E-state index is 13.0. The summed E-state index contributed by atoms with van der Waals surface area (Å²) >= 11 is 0. The third kappa shape index (κ3) is 2.14. The van der Waals surface area contributed by atoms with Gasteiger partial charge in [0.15, 0.2) is 0 Å². The molecule has 1 fully saturated rings. The predicted octanol–water partition coefficient (Wildman–Crippen LogP) is 1.15. The van der Waals surface area contributed by atoms with Gasteiger partial charge >= 0.3 is 0 Å². The molecule has 88 valence electrons. The van der Waals surface area contributed by atoms with Gasteiger partial charge in [-0.25, -0.2) is 9.97 Å². The van der Waals surface area contributed by atoms with Crippen LogP contribution in [0.15, 0.2) is 12.4 Å². The lowest BCUT2D eigenvalue weighted by Crippen LogP contribution is -2.57. The number of rotatable bonds is 1. The van der Waals surface area contributed by atoms with Crippen LogP contribution in [0.3, 0.4) is 0 Å². The highest BCUT2D eigenvalue weighted by Crippen LogP contribution is 2.22. The number of aromatic nitrogens is 2. The fourth-order valence-corrected chi connectivity index (χ4v) is 1.93. The molecule has 1 aromatic rings.